The Hall–Kier alpha value is -0.290. The van der Waals surface area contributed by atoms with E-state index in [0.717, 1.165) is 6.42 Å². The molecule has 0 aliphatic heterocycles. The molecular formula is C9H19F3N2. The monoisotopic (exact) mass is 212 g/mol. The Morgan fingerprint density at radius 3 is 2.00 bits per heavy atom. The molecule has 0 radical (unpaired) electrons. The summed E-state index contributed by atoms with van der Waals surface area (Å²) < 4.78 is 36.1. The van der Waals surface area contributed by atoms with Crippen LogP contribution in [0.25, 0.3) is 0 Å². The summed E-state index contributed by atoms with van der Waals surface area (Å²) in [7, 11) is 0. The minimum Gasteiger partial charge on any atom is -0.271 e. The van der Waals surface area contributed by atoms with Crippen LogP contribution in [0.4, 0.5) is 13.2 Å². The van der Waals surface area contributed by atoms with E-state index in [2.05, 4.69) is 5.43 Å². The smallest absolute Gasteiger partial charge is 0.271 e. The molecule has 0 aliphatic rings. The first kappa shape index (κ1) is 13.7. The number of alkyl halides is 3. The average molecular weight is 212 g/mol. The second-order valence-electron chi connectivity index (χ2n) is 4.78. The predicted molar refractivity (Wildman–Crippen MR) is 50.5 cm³/mol. The van der Waals surface area contributed by atoms with Crippen molar-refractivity contribution in [3.8, 4) is 0 Å². The van der Waals surface area contributed by atoms with Gasteiger partial charge in [-0.3, -0.25) is 11.3 Å². The molecule has 0 bridgehead atoms. The highest BCUT2D eigenvalue weighted by Gasteiger charge is 2.31. The van der Waals surface area contributed by atoms with Gasteiger partial charge in [0.15, 0.2) is 0 Å². The van der Waals surface area contributed by atoms with Gasteiger partial charge >= 0.3 is 6.18 Å². The van der Waals surface area contributed by atoms with Crippen LogP contribution in [0.3, 0.4) is 0 Å². The molecule has 1 atom stereocenters. The average Bonchev–Trinajstić information content (AvgIpc) is 1.94. The Bertz CT molecular complexity index is 160. The highest BCUT2D eigenvalue weighted by atomic mass is 19.4. The maximum Gasteiger partial charge on any atom is 0.390 e. The summed E-state index contributed by atoms with van der Waals surface area (Å²) in [5.74, 6) is 5.06. The normalized spacial score (nSPS) is 15.6. The fourth-order valence-corrected chi connectivity index (χ4v) is 1.13. The minimum absolute atomic E-state index is 0.0424. The van der Waals surface area contributed by atoms with Crippen molar-refractivity contribution in [1.29, 1.82) is 0 Å². The summed E-state index contributed by atoms with van der Waals surface area (Å²) in [6.45, 7) is 5.98. The molecule has 0 amide bonds. The summed E-state index contributed by atoms with van der Waals surface area (Å²) in [4.78, 5) is 0. The topological polar surface area (TPSA) is 38.0 Å². The van der Waals surface area contributed by atoms with E-state index in [0.29, 0.717) is 6.42 Å². The third-order valence-corrected chi connectivity index (χ3v) is 1.96. The number of hydrazine groups is 1. The number of nitrogens with two attached hydrogens (primary N) is 1. The third kappa shape index (κ3) is 8.31. The maximum atomic E-state index is 12.0. The third-order valence-electron chi connectivity index (χ3n) is 1.96. The van der Waals surface area contributed by atoms with E-state index < -0.39 is 18.6 Å². The Morgan fingerprint density at radius 2 is 1.71 bits per heavy atom. The van der Waals surface area contributed by atoms with Gasteiger partial charge in [0.2, 0.25) is 0 Å². The molecule has 0 saturated carbocycles. The van der Waals surface area contributed by atoms with E-state index in [9.17, 15) is 13.2 Å². The Kier molecular flexibility index (Phi) is 4.88. The van der Waals surface area contributed by atoms with Crippen molar-refractivity contribution >= 4 is 0 Å². The van der Waals surface area contributed by atoms with Crippen LogP contribution in [0.5, 0.6) is 0 Å². The Morgan fingerprint density at radius 1 is 1.21 bits per heavy atom. The number of rotatable bonds is 4. The summed E-state index contributed by atoms with van der Waals surface area (Å²) >= 11 is 0. The number of halogens is 3. The first-order chi connectivity index (χ1) is 6.14. The quantitative estimate of drug-likeness (QED) is 0.555. The molecule has 0 rings (SSSR count). The highest BCUT2D eigenvalue weighted by Crippen LogP contribution is 2.27. The maximum absolute atomic E-state index is 12.0. The van der Waals surface area contributed by atoms with Gasteiger partial charge in [-0.2, -0.15) is 13.2 Å². The fraction of sp³-hybridized carbons (Fsp3) is 1.00. The molecule has 0 saturated heterocycles. The van der Waals surface area contributed by atoms with Gasteiger partial charge in [-0.15, -0.1) is 0 Å². The van der Waals surface area contributed by atoms with Gasteiger partial charge in [0.1, 0.15) is 0 Å². The highest BCUT2D eigenvalue weighted by molar-refractivity contribution is 4.72. The van der Waals surface area contributed by atoms with Crippen molar-refractivity contribution in [3.63, 3.8) is 0 Å². The van der Waals surface area contributed by atoms with Crippen molar-refractivity contribution in [2.75, 3.05) is 0 Å². The molecule has 14 heavy (non-hydrogen) atoms. The van der Waals surface area contributed by atoms with Crippen LogP contribution in [0, 0.1) is 5.41 Å². The SMILES string of the molecule is CC(C)(C)CCC(CC(F)(F)F)NN. The summed E-state index contributed by atoms with van der Waals surface area (Å²) in [5.41, 5.74) is 2.25. The zero-order valence-electron chi connectivity index (χ0n) is 8.91. The lowest BCUT2D eigenvalue weighted by Gasteiger charge is -2.23. The van der Waals surface area contributed by atoms with Crippen LogP contribution in [0.15, 0.2) is 0 Å². The van der Waals surface area contributed by atoms with Crippen LogP contribution < -0.4 is 11.3 Å². The van der Waals surface area contributed by atoms with Crippen molar-refractivity contribution in [1.82, 2.24) is 5.43 Å². The molecule has 0 aliphatic carbocycles. The fourth-order valence-electron chi connectivity index (χ4n) is 1.13. The molecule has 0 aromatic rings. The second-order valence-corrected chi connectivity index (χ2v) is 4.78. The molecule has 0 spiro atoms. The molecule has 0 fully saturated rings. The first-order valence-electron chi connectivity index (χ1n) is 4.67. The van der Waals surface area contributed by atoms with Gasteiger partial charge in [-0.25, -0.2) is 0 Å². The molecule has 1 unspecified atom stereocenters. The largest absolute Gasteiger partial charge is 0.390 e. The van der Waals surface area contributed by atoms with E-state index in [-0.39, 0.29) is 5.41 Å². The standard InChI is InChI=1S/C9H19F3N2/c1-8(2,3)5-4-7(14-13)6-9(10,11)12/h7,14H,4-6,13H2,1-3H3. The van der Waals surface area contributed by atoms with Crippen molar-refractivity contribution in [2.24, 2.45) is 11.3 Å². The van der Waals surface area contributed by atoms with E-state index in [4.69, 9.17) is 5.84 Å². The van der Waals surface area contributed by atoms with E-state index in [1.54, 1.807) is 0 Å². The molecule has 0 heterocycles. The van der Waals surface area contributed by atoms with Crippen LogP contribution in [-0.4, -0.2) is 12.2 Å². The molecule has 5 heteroatoms. The minimum atomic E-state index is -4.14. The Labute approximate surface area is 83.0 Å². The second kappa shape index (κ2) is 4.98. The van der Waals surface area contributed by atoms with Crippen LogP contribution in [-0.2, 0) is 0 Å². The number of nitrogens with one attached hydrogen (secondary N) is 1. The van der Waals surface area contributed by atoms with Crippen LogP contribution >= 0.6 is 0 Å². The summed E-state index contributed by atoms with van der Waals surface area (Å²) in [5, 5.41) is 0. The molecule has 2 nitrogen and oxygen atoms in total. The van der Waals surface area contributed by atoms with Gasteiger partial charge < -0.3 is 0 Å². The van der Waals surface area contributed by atoms with E-state index >= 15 is 0 Å². The molecule has 3 N–H and O–H groups in total. The van der Waals surface area contributed by atoms with E-state index in [1.807, 2.05) is 20.8 Å². The van der Waals surface area contributed by atoms with E-state index in [1.165, 1.54) is 0 Å². The number of hydrogen-bond acceptors (Lipinski definition) is 2. The zero-order valence-corrected chi connectivity index (χ0v) is 8.91. The Balaban J connectivity index is 3.93. The molecular weight excluding hydrogens is 193 g/mol. The van der Waals surface area contributed by atoms with Gasteiger partial charge in [-0.1, -0.05) is 20.8 Å². The van der Waals surface area contributed by atoms with Crippen molar-refractivity contribution in [2.45, 2.75) is 52.3 Å². The van der Waals surface area contributed by atoms with Gasteiger partial charge in [0, 0.05) is 6.04 Å². The first-order valence-corrected chi connectivity index (χ1v) is 4.67. The molecule has 86 valence electrons. The lowest BCUT2D eigenvalue weighted by atomic mass is 9.88. The number of hydrogen-bond donors (Lipinski definition) is 2. The zero-order chi connectivity index (χ0) is 11.4. The summed E-state index contributed by atoms with van der Waals surface area (Å²) in [6.07, 6.45) is -3.84. The predicted octanol–water partition coefficient (Wildman–Crippen LogP) is 2.60. The van der Waals surface area contributed by atoms with Gasteiger partial charge in [0.25, 0.3) is 0 Å². The van der Waals surface area contributed by atoms with Gasteiger partial charge in [0.05, 0.1) is 6.42 Å². The lowest BCUT2D eigenvalue weighted by molar-refractivity contribution is -0.140. The molecule has 0 aromatic carbocycles. The van der Waals surface area contributed by atoms with Crippen molar-refractivity contribution < 1.29 is 13.2 Å². The van der Waals surface area contributed by atoms with Crippen molar-refractivity contribution in [3.05, 3.63) is 0 Å². The van der Waals surface area contributed by atoms with Gasteiger partial charge in [-0.05, 0) is 18.3 Å². The van der Waals surface area contributed by atoms with Crippen LogP contribution in [0.1, 0.15) is 40.0 Å². The lowest BCUT2D eigenvalue weighted by Crippen LogP contribution is -2.39. The van der Waals surface area contributed by atoms with Crippen LogP contribution in [0.2, 0.25) is 0 Å². The summed E-state index contributed by atoms with van der Waals surface area (Å²) in [6, 6.07) is -0.672. The molecule has 0 aromatic heterocycles.